The van der Waals surface area contributed by atoms with Gasteiger partial charge in [-0.05, 0) is 12.8 Å². The Morgan fingerprint density at radius 2 is 2.26 bits per heavy atom. The van der Waals surface area contributed by atoms with Gasteiger partial charge in [-0.2, -0.15) is 5.10 Å². The van der Waals surface area contributed by atoms with Gasteiger partial charge in [-0.1, -0.05) is 0 Å². The van der Waals surface area contributed by atoms with Crippen LogP contribution in [-0.4, -0.2) is 36.5 Å². The number of nitrogens with zero attached hydrogens (tertiary/aromatic N) is 5. The Bertz CT molecular complexity index is 941. The average molecular weight is 329 g/mol. The van der Waals surface area contributed by atoms with Gasteiger partial charge in [0.2, 0.25) is 0 Å². The van der Waals surface area contributed by atoms with Gasteiger partial charge in [0.15, 0.2) is 4.96 Å². The minimum Gasteiger partial charge on any atom is -0.331 e. The summed E-state index contributed by atoms with van der Waals surface area (Å²) in [4.78, 5) is 31.9. The van der Waals surface area contributed by atoms with Crippen molar-refractivity contribution in [3.8, 4) is 0 Å². The molecule has 4 rings (SSSR count). The first kappa shape index (κ1) is 14.1. The van der Waals surface area contributed by atoms with Gasteiger partial charge in [0.1, 0.15) is 5.56 Å². The van der Waals surface area contributed by atoms with Gasteiger partial charge in [0.25, 0.3) is 11.5 Å². The molecule has 1 fully saturated rings. The second kappa shape index (κ2) is 5.31. The molecule has 118 valence electrons. The lowest BCUT2D eigenvalue weighted by Crippen LogP contribution is -2.35. The highest BCUT2D eigenvalue weighted by atomic mass is 32.1. The molecule has 1 aliphatic heterocycles. The maximum absolute atomic E-state index is 12.9. The van der Waals surface area contributed by atoms with Gasteiger partial charge in [0, 0.05) is 43.1 Å². The molecule has 0 spiro atoms. The van der Waals surface area contributed by atoms with Crippen LogP contribution in [0.4, 0.5) is 0 Å². The zero-order chi connectivity index (χ0) is 16.0. The van der Waals surface area contributed by atoms with Crippen LogP contribution in [0.3, 0.4) is 0 Å². The van der Waals surface area contributed by atoms with E-state index >= 15 is 0 Å². The number of carbonyl (C=O) groups excluding carboxylic acids is 1. The van der Waals surface area contributed by atoms with Crippen molar-refractivity contribution in [3.63, 3.8) is 0 Å². The third-order valence-electron chi connectivity index (χ3n) is 4.20. The van der Waals surface area contributed by atoms with E-state index in [1.54, 1.807) is 27.4 Å². The van der Waals surface area contributed by atoms with Crippen molar-refractivity contribution in [1.29, 1.82) is 0 Å². The van der Waals surface area contributed by atoms with Crippen LogP contribution in [0.1, 0.15) is 34.8 Å². The van der Waals surface area contributed by atoms with Gasteiger partial charge in [-0.3, -0.25) is 18.7 Å². The predicted molar refractivity (Wildman–Crippen MR) is 85.6 cm³/mol. The Kier molecular flexibility index (Phi) is 3.26. The molecule has 4 heterocycles. The molecule has 7 nitrogen and oxygen atoms in total. The molecule has 0 N–H and O–H groups in total. The van der Waals surface area contributed by atoms with Gasteiger partial charge in [-0.25, -0.2) is 4.98 Å². The first-order valence-corrected chi connectivity index (χ1v) is 8.27. The van der Waals surface area contributed by atoms with Crippen LogP contribution in [0.25, 0.3) is 4.96 Å². The fraction of sp³-hybridized carbons (Fsp3) is 0.333. The third kappa shape index (κ3) is 2.26. The third-order valence-corrected chi connectivity index (χ3v) is 4.97. The number of carbonyl (C=O) groups is 1. The zero-order valence-corrected chi connectivity index (χ0v) is 13.4. The highest BCUT2D eigenvalue weighted by Gasteiger charge is 2.32. The quantitative estimate of drug-likeness (QED) is 0.714. The molecule has 1 aliphatic rings. The highest BCUT2D eigenvalue weighted by molar-refractivity contribution is 7.15. The molecule has 1 atom stereocenters. The Labute approximate surface area is 135 Å². The van der Waals surface area contributed by atoms with E-state index in [1.165, 1.54) is 21.9 Å². The van der Waals surface area contributed by atoms with E-state index in [0.717, 1.165) is 18.4 Å². The fourth-order valence-corrected chi connectivity index (χ4v) is 3.77. The molecular formula is C15H15N5O2S. The summed E-state index contributed by atoms with van der Waals surface area (Å²) in [5, 5.41) is 5.97. The number of fused-ring (bicyclic) bond motifs is 1. The predicted octanol–water partition coefficient (Wildman–Crippen LogP) is 1.47. The van der Waals surface area contributed by atoms with Crippen LogP contribution in [0.15, 0.2) is 35.0 Å². The molecule has 0 aromatic carbocycles. The van der Waals surface area contributed by atoms with Crippen molar-refractivity contribution < 1.29 is 4.79 Å². The highest BCUT2D eigenvalue weighted by Crippen LogP contribution is 2.32. The largest absolute Gasteiger partial charge is 0.331 e. The summed E-state index contributed by atoms with van der Waals surface area (Å²) in [7, 11) is 1.85. The number of thiazole rings is 1. The van der Waals surface area contributed by atoms with Crippen LogP contribution in [0.2, 0.25) is 0 Å². The summed E-state index contributed by atoms with van der Waals surface area (Å²) >= 11 is 1.37. The van der Waals surface area contributed by atoms with E-state index in [-0.39, 0.29) is 23.1 Å². The molecule has 0 saturated carbocycles. The molecule has 3 aromatic heterocycles. The van der Waals surface area contributed by atoms with Crippen LogP contribution < -0.4 is 5.56 Å². The molecular weight excluding hydrogens is 314 g/mol. The second-order valence-corrected chi connectivity index (χ2v) is 6.51. The summed E-state index contributed by atoms with van der Waals surface area (Å²) in [5.74, 6) is -0.255. The van der Waals surface area contributed by atoms with E-state index in [1.807, 2.05) is 13.2 Å². The number of aromatic nitrogens is 4. The molecule has 3 aromatic rings. The van der Waals surface area contributed by atoms with E-state index < -0.39 is 0 Å². The topological polar surface area (TPSA) is 72.5 Å². The second-order valence-electron chi connectivity index (χ2n) is 5.64. The lowest BCUT2D eigenvalue weighted by molar-refractivity contribution is 0.0733. The molecule has 0 radical (unpaired) electrons. The first-order chi connectivity index (χ1) is 11.1. The lowest BCUT2D eigenvalue weighted by Gasteiger charge is -2.23. The zero-order valence-electron chi connectivity index (χ0n) is 12.5. The van der Waals surface area contributed by atoms with Crippen molar-refractivity contribution >= 4 is 22.2 Å². The van der Waals surface area contributed by atoms with Crippen molar-refractivity contribution in [3.05, 3.63) is 51.6 Å². The summed E-state index contributed by atoms with van der Waals surface area (Å²) in [5.41, 5.74) is 0.817. The van der Waals surface area contributed by atoms with E-state index in [9.17, 15) is 9.59 Å². The van der Waals surface area contributed by atoms with E-state index in [2.05, 4.69) is 10.1 Å². The Morgan fingerprint density at radius 1 is 1.39 bits per heavy atom. The van der Waals surface area contributed by atoms with Gasteiger partial charge < -0.3 is 4.90 Å². The Balaban J connectivity index is 1.72. The molecule has 23 heavy (non-hydrogen) atoms. The molecule has 0 aliphatic carbocycles. The van der Waals surface area contributed by atoms with Crippen LogP contribution in [-0.2, 0) is 7.05 Å². The lowest BCUT2D eigenvalue weighted by atomic mass is 10.1. The van der Waals surface area contributed by atoms with Gasteiger partial charge in [0.05, 0.1) is 12.2 Å². The molecule has 0 bridgehead atoms. The molecule has 1 unspecified atom stereocenters. The maximum Gasteiger partial charge on any atom is 0.271 e. The standard InChI is InChI=1S/C15H15N5O2S/c1-18-9-10(7-17-18)12-3-2-4-19(12)13(21)11-8-16-15-20(14(11)22)5-6-23-15/h5-9,12H,2-4H2,1H3. The smallest absolute Gasteiger partial charge is 0.271 e. The maximum atomic E-state index is 12.9. The van der Waals surface area contributed by atoms with Crippen molar-refractivity contribution in [2.45, 2.75) is 18.9 Å². The number of amides is 1. The van der Waals surface area contributed by atoms with Crippen molar-refractivity contribution in [2.75, 3.05) is 6.54 Å². The van der Waals surface area contributed by atoms with Crippen LogP contribution in [0, 0.1) is 0 Å². The number of aryl methyl sites for hydroxylation is 1. The minimum absolute atomic E-state index is 0.0289. The Morgan fingerprint density at radius 3 is 3.04 bits per heavy atom. The normalized spacial score (nSPS) is 18.0. The Hall–Kier alpha value is -2.48. The van der Waals surface area contributed by atoms with Crippen LogP contribution in [0.5, 0.6) is 0 Å². The molecule has 1 saturated heterocycles. The van der Waals surface area contributed by atoms with E-state index in [4.69, 9.17) is 0 Å². The van der Waals surface area contributed by atoms with Gasteiger partial charge in [-0.15, -0.1) is 11.3 Å². The number of hydrogen-bond donors (Lipinski definition) is 0. The van der Waals surface area contributed by atoms with Crippen LogP contribution >= 0.6 is 11.3 Å². The fourth-order valence-electron chi connectivity index (χ4n) is 3.09. The summed E-state index contributed by atoms with van der Waals surface area (Å²) < 4.78 is 3.15. The average Bonchev–Trinajstić information content (AvgIpc) is 3.26. The molecule has 1 amide bonds. The monoisotopic (exact) mass is 329 g/mol. The molecule has 8 heteroatoms. The number of rotatable bonds is 2. The summed E-state index contributed by atoms with van der Waals surface area (Å²) in [6, 6.07) is -0.0289. The minimum atomic E-state index is -0.307. The van der Waals surface area contributed by atoms with Crippen molar-refractivity contribution in [1.82, 2.24) is 24.1 Å². The number of likely N-dealkylation sites (tertiary alicyclic amines) is 1. The summed E-state index contributed by atoms with van der Waals surface area (Å²) in [6.45, 7) is 0.643. The first-order valence-electron chi connectivity index (χ1n) is 7.39. The van der Waals surface area contributed by atoms with E-state index in [0.29, 0.717) is 11.5 Å². The number of hydrogen-bond acceptors (Lipinski definition) is 5. The summed E-state index contributed by atoms with van der Waals surface area (Å²) in [6.07, 6.45) is 8.55. The van der Waals surface area contributed by atoms with Gasteiger partial charge >= 0.3 is 0 Å². The SMILES string of the molecule is Cn1cc(C2CCCN2C(=O)c2cnc3sccn3c2=O)cn1. The van der Waals surface area contributed by atoms with Crippen molar-refractivity contribution in [2.24, 2.45) is 7.05 Å².